The van der Waals surface area contributed by atoms with E-state index in [4.69, 9.17) is 33.7 Å². The molecule has 1 rings (SSSR count). The lowest BCUT2D eigenvalue weighted by Gasteiger charge is -2.12. The smallest absolute Gasteiger partial charge is 0.339 e. The molecule has 0 saturated heterocycles. The first-order chi connectivity index (χ1) is 7.99. The van der Waals surface area contributed by atoms with Crippen molar-refractivity contribution in [3.05, 3.63) is 22.7 Å². The van der Waals surface area contributed by atoms with Crippen LogP contribution in [0, 0.1) is 0 Å². The van der Waals surface area contributed by atoms with Crippen molar-refractivity contribution in [3.8, 4) is 5.75 Å². The third-order valence-corrected chi connectivity index (χ3v) is 2.61. The molecule has 0 saturated carbocycles. The van der Waals surface area contributed by atoms with Gasteiger partial charge in [0.1, 0.15) is 11.3 Å². The molecule has 0 aliphatic heterocycles. The van der Waals surface area contributed by atoms with E-state index in [9.17, 15) is 4.79 Å². The molecule has 1 aromatic rings. The number of benzene rings is 1. The summed E-state index contributed by atoms with van der Waals surface area (Å²) in [6.07, 6.45) is 0. The number of carboxylic acids is 1. The van der Waals surface area contributed by atoms with Crippen LogP contribution in [0.5, 0.6) is 5.75 Å². The van der Waals surface area contributed by atoms with Crippen LogP contribution in [-0.4, -0.2) is 30.3 Å². The molecule has 0 heterocycles. The average Bonchev–Trinajstić information content (AvgIpc) is 2.30. The van der Waals surface area contributed by atoms with E-state index in [0.29, 0.717) is 10.8 Å². The second-order valence-corrected chi connectivity index (χ2v) is 3.86. The van der Waals surface area contributed by atoms with Gasteiger partial charge in [-0.2, -0.15) is 0 Å². The summed E-state index contributed by atoms with van der Waals surface area (Å²) in [5.74, 6) is -0.894. The molecule has 3 N–H and O–H groups in total. The van der Waals surface area contributed by atoms with Gasteiger partial charge in [-0.25, -0.2) is 4.79 Å². The molecule has 0 spiro atoms. The number of aromatic carboxylic acids is 1. The number of methoxy groups -OCH3 is 1. The maximum atomic E-state index is 10.9. The Balaban J connectivity index is 3.17. The molecule has 0 bridgehead atoms. The monoisotopic (exact) mass is 274 g/mol. The SMILES string of the molecule is CNC(=S)Nc1cc(OC)c(C(=O)O)cc1Cl. The van der Waals surface area contributed by atoms with Crippen molar-refractivity contribution in [1.82, 2.24) is 5.32 Å². The van der Waals surface area contributed by atoms with Gasteiger partial charge in [0.25, 0.3) is 0 Å². The summed E-state index contributed by atoms with van der Waals surface area (Å²) in [7, 11) is 3.04. The average molecular weight is 275 g/mol. The van der Waals surface area contributed by atoms with Crippen LogP contribution >= 0.6 is 23.8 Å². The maximum absolute atomic E-state index is 10.9. The zero-order chi connectivity index (χ0) is 13.0. The van der Waals surface area contributed by atoms with E-state index in [1.54, 1.807) is 7.05 Å². The molecule has 17 heavy (non-hydrogen) atoms. The Morgan fingerprint density at radius 1 is 1.53 bits per heavy atom. The van der Waals surface area contributed by atoms with Gasteiger partial charge >= 0.3 is 5.97 Å². The summed E-state index contributed by atoms with van der Waals surface area (Å²) in [6.45, 7) is 0. The van der Waals surface area contributed by atoms with Crippen molar-refractivity contribution in [2.24, 2.45) is 0 Å². The van der Waals surface area contributed by atoms with Crippen LogP contribution in [0.25, 0.3) is 0 Å². The molecular weight excluding hydrogens is 264 g/mol. The molecule has 0 aromatic heterocycles. The van der Waals surface area contributed by atoms with Gasteiger partial charge in [-0.15, -0.1) is 0 Å². The normalized spacial score (nSPS) is 9.59. The summed E-state index contributed by atoms with van der Waals surface area (Å²) < 4.78 is 4.97. The number of hydrogen-bond acceptors (Lipinski definition) is 3. The zero-order valence-electron chi connectivity index (χ0n) is 9.20. The molecule has 5 nitrogen and oxygen atoms in total. The van der Waals surface area contributed by atoms with Crippen LogP contribution in [0.4, 0.5) is 5.69 Å². The standard InChI is InChI=1S/C10H11ClN2O3S/c1-12-10(17)13-7-4-8(16-2)5(9(14)15)3-6(7)11/h3-4H,1-2H3,(H,14,15)(H2,12,13,17). The summed E-state index contributed by atoms with van der Waals surface area (Å²) in [5.41, 5.74) is 0.478. The Bertz CT molecular complexity index is 465. The zero-order valence-corrected chi connectivity index (χ0v) is 10.8. The fourth-order valence-corrected chi connectivity index (χ4v) is 1.49. The number of carbonyl (C=O) groups is 1. The highest BCUT2D eigenvalue weighted by Crippen LogP contribution is 2.30. The third-order valence-electron chi connectivity index (χ3n) is 1.99. The van der Waals surface area contributed by atoms with Gasteiger partial charge in [-0.05, 0) is 18.3 Å². The van der Waals surface area contributed by atoms with Crippen LogP contribution in [0.15, 0.2) is 12.1 Å². The van der Waals surface area contributed by atoms with E-state index in [0.717, 1.165) is 0 Å². The first kappa shape index (κ1) is 13.5. The highest BCUT2D eigenvalue weighted by atomic mass is 35.5. The van der Waals surface area contributed by atoms with Crippen LogP contribution in [0.3, 0.4) is 0 Å². The molecule has 0 aliphatic carbocycles. The predicted octanol–water partition coefficient (Wildman–Crippen LogP) is 1.96. The number of nitrogens with one attached hydrogen (secondary N) is 2. The Morgan fingerprint density at radius 2 is 2.18 bits per heavy atom. The summed E-state index contributed by atoms with van der Waals surface area (Å²) in [5, 5.41) is 15.1. The molecule has 0 radical (unpaired) electrons. The van der Waals surface area contributed by atoms with E-state index >= 15 is 0 Å². The maximum Gasteiger partial charge on any atom is 0.339 e. The van der Waals surface area contributed by atoms with Gasteiger partial charge in [-0.3, -0.25) is 0 Å². The first-order valence-corrected chi connectivity index (χ1v) is 5.37. The Morgan fingerprint density at radius 3 is 2.65 bits per heavy atom. The van der Waals surface area contributed by atoms with Gasteiger partial charge in [-0.1, -0.05) is 11.6 Å². The molecular formula is C10H11ClN2O3S. The summed E-state index contributed by atoms with van der Waals surface area (Å²) >= 11 is 10.9. The first-order valence-electron chi connectivity index (χ1n) is 4.59. The molecule has 0 unspecified atom stereocenters. The van der Waals surface area contributed by atoms with Crippen molar-refractivity contribution in [2.75, 3.05) is 19.5 Å². The highest BCUT2D eigenvalue weighted by molar-refractivity contribution is 7.80. The lowest BCUT2D eigenvalue weighted by Crippen LogP contribution is -2.24. The minimum absolute atomic E-state index is 0.00146. The number of carboxylic acid groups (broad SMARTS) is 1. The largest absolute Gasteiger partial charge is 0.496 e. The van der Waals surface area contributed by atoms with E-state index in [1.807, 2.05) is 0 Å². The second-order valence-electron chi connectivity index (χ2n) is 3.04. The number of ether oxygens (including phenoxy) is 1. The van der Waals surface area contributed by atoms with Crippen LogP contribution in [0.1, 0.15) is 10.4 Å². The Kier molecular flexibility index (Phi) is 4.53. The second kappa shape index (κ2) is 5.70. The van der Waals surface area contributed by atoms with E-state index < -0.39 is 5.97 Å². The fourth-order valence-electron chi connectivity index (χ4n) is 1.17. The molecule has 1 aromatic carbocycles. The molecule has 0 fully saturated rings. The lowest BCUT2D eigenvalue weighted by molar-refractivity contribution is 0.0693. The quantitative estimate of drug-likeness (QED) is 0.732. The van der Waals surface area contributed by atoms with E-state index in [1.165, 1.54) is 19.2 Å². The Labute approximate surface area is 109 Å². The molecule has 7 heteroatoms. The number of halogens is 1. The van der Waals surface area contributed by atoms with E-state index in [2.05, 4.69) is 10.6 Å². The predicted molar refractivity (Wildman–Crippen MR) is 70.2 cm³/mol. The molecule has 92 valence electrons. The molecule has 0 amide bonds. The van der Waals surface area contributed by atoms with Crippen LogP contribution in [-0.2, 0) is 0 Å². The minimum Gasteiger partial charge on any atom is -0.496 e. The number of rotatable bonds is 3. The van der Waals surface area contributed by atoms with Gasteiger partial charge in [0.15, 0.2) is 5.11 Å². The fraction of sp³-hybridized carbons (Fsp3) is 0.200. The number of anilines is 1. The van der Waals surface area contributed by atoms with Crippen LogP contribution < -0.4 is 15.4 Å². The Hall–Kier alpha value is -1.53. The number of thiocarbonyl (C=S) groups is 1. The van der Waals surface area contributed by atoms with Crippen molar-refractivity contribution < 1.29 is 14.6 Å². The highest BCUT2D eigenvalue weighted by Gasteiger charge is 2.15. The van der Waals surface area contributed by atoms with E-state index in [-0.39, 0.29) is 16.3 Å². The number of hydrogen-bond donors (Lipinski definition) is 3. The van der Waals surface area contributed by atoms with Gasteiger partial charge in [0.05, 0.1) is 17.8 Å². The van der Waals surface area contributed by atoms with Crippen molar-refractivity contribution >= 4 is 40.6 Å². The van der Waals surface area contributed by atoms with Gasteiger partial charge in [0, 0.05) is 13.1 Å². The van der Waals surface area contributed by atoms with Crippen LogP contribution in [0.2, 0.25) is 5.02 Å². The molecule has 0 atom stereocenters. The van der Waals surface area contributed by atoms with Gasteiger partial charge in [0.2, 0.25) is 0 Å². The minimum atomic E-state index is -1.11. The summed E-state index contributed by atoms with van der Waals surface area (Å²) in [6, 6.07) is 2.79. The molecule has 0 aliphatic rings. The van der Waals surface area contributed by atoms with Crippen molar-refractivity contribution in [2.45, 2.75) is 0 Å². The lowest BCUT2D eigenvalue weighted by atomic mass is 10.2. The topological polar surface area (TPSA) is 70.6 Å². The van der Waals surface area contributed by atoms with Crippen molar-refractivity contribution in [1.29, 1.82) is 0 Å². The third kappa shape index (κ3) is 3.21. The summed E-state index contributed by atoms with van der Waals surface area (Å²) in [4.78, 5) is 10.9. The van der Waals surface area contributed by atoms with Gasteiger partial charge < -0.3 is 20.5 Å². The van der Waals surface area contributed by atoms with Crippen molar-refractivity contribution in [3.63, 3.8) is 0 Å².